The van der Waals surface area contributed by atoms with Gasteiger partial charge in [0.25, 0.3) is 0 Å². The number of fused-ring (bicyclic) bond motifs is 1. The van der Waals surface area contributed by atoms with Crippen molar-refractivity contribution in [3.63, 3.8) is 0 Å². The molecule has 4 rings (SSSR count). The van der Waals surface area contributed by atoms with Crippen LogP contribution in [0.4, 0.5) is 11.4 Å². The van der Waals surface area contributed by atoms with Gasteiger partial charge >= 0.3 is 0 Å². The zero-order chi connectivity index (χ0) is 23.8. The molecule has 2 aliphatic rings. The standard InChI is InChI=1S/C24H30N4O4S/c1-17-5-4-6-21(13-17)27-12-11-26(16-18(27)2)24(30)15-25-33(31,32)22-7-8-23-20(14-22)9-10-28(23)19(3)29/h4-8,13-14,18,25H,9-12,15-16H2,1-3H3/t18-/m0/s1. The second kappa shape index (κ2) is 9.15. The number of aryl methyl sites for hydroxylation is 1. The average molecular weight is 471 g/mol. The Balaban J connectivity index is 1.36. The highest BCUT2D eigenvalue weighted by atomic mass is 32.2. The third kappa shape index (κ3) is 4.89. The quantitative estimate of drug-likeness (QED) is 0.721. The second-order valence-electron chi connectivity index (χ2n) is 8.76. The molecule has 2 aliphatic heterocycles. The molecule has 0 aliphatic carbocycles. The number of nitrogens with one attached hydrogen (secondary N) is 1. The molecular weight excluding hydrogens is 440 g/mol. The molecule has 0 aromatic heterocycles. The summed E-state index contributed by atoms with van der Waals surface area (Å²) in [5.74, 6) is -0.303. The zero-order valence-corrected chi connectivity index (χ0v) is 20.1. The van der Waals surface area contributed by atoms with Crippen LogP contribution in [0.25, 0.3) is 0 Å². The van der Waals surface area contributed by atoms with Gasteiger partial charge in [-0.2, -0.15) is 0 Å². The molecule has 1 saturated heterocycles. The predicted octanol–water partition coefficient (Wildman–Crippen LogP) is 1.92. The number of anilines is 2. The summed E-state index contributed by atoms with van der Waals surface area (Å²) in [5, 5.41) is 0. The third-order valence-electron chi connectivity index (χ3n) is 6.36. The molecule has 0 radical (unpaired) electrons. The van der Waals surface area contributed by atoms with Crippen molar-refractivity contribution in [1.82, 2.24) is 9.62 Å². The van der Waals surface area contributed by atoms with E-state index in [1.165, 1.54) is 18.6 Å². The van der Waals surface area contributed by atoms with Crippen molar-refractivity contribution in [2.24, 2.45) is 0 Å². The van der Waals surface area contributed by atoms with Crippen LogP contribution in [0, 0.1) is 6.92 Å². The number of carbonyl (C=O) groups excluding carboxylic acids is 2. The topological polar surface area (TPSA) is 90.0 Å². The summed E-state index contributed by atoms with van der Waals surface area (Å²) in [6.07, 6.45) is 0.611. The van der Waals surface area contributed by atoms with Crippen molar-refractivity contribution in [2.45, 2.75) is 38.1 Å². The fourth-order valence-corrected chi connectivity index (χ4v) is 5.62. The highest BCUT2D eigenvalue weighted by Gasteiger charge is 2.29. The lowest BCUT2D eigenvalue weighted by Crippen LogP contribution is -2.55. The van der Waals surface area contributed by atoms with Gasteiger partial charge in [0.15, 0.2) is 0 Å². The number of rotatable bonds is 5. The maximum atomic E-state index is 12.8. The van der Waals surface area contributed by atoms with E-state index >= 15 is 0 Å². The van der Waals surface area contributed by atoms with Gasteiger partial charge in [0, 0.05) is 50.5 Å². The summed E-state index contributed by atoms with van der Waals surface area (Å²) in [7, 11) is -3.84. The van der Waals surface area contributed by atoms with Crippen LogP contribution in [-0.4, -0.2) is 63.9 Å². The van der Waals surface area contributed by atoms with Crippen LogP contribution in [0.2, 0.25) is 0 Å². The lowest BCUT2D eigenvalue weighted by atomic mass is 10.1. The van der Waals surface area contributed by atoms with E-state index in [-0.39, 0.29) is 29.3 Å². The fraction of sp³-hybridized carbons (Fsp3) is 0.417. The maximum Gasteiger partial charge on any atom is 0.241 e. The number of sulfonamides is 1. The lowest BCUT2D eigenvalue weighted by molar-refractivity contribution is -0.130. The minimum atomic E-state index is -3.84. The van der Waals surface area contributed by atoms with Gasteiger partial charge in [-0.15, -0.1) is 0 Å². The van der Waals surface area contributed by atoms with Crippen molar-refractivity contribution in [3.8, 4) is 0 Å². The summed E-state index contributed by atoms with van der Waals surface area (Å²) in [4.78, 5) is 30.2. The Morgan fingerprint density at radius 3 is 2.58 bits per heavy atom. The Hall–Kier alpha value is -2.91. The average Bonchev–Trinajstić information content (AvgIpc) is 3.21. The van der Waals surface area contributed by atoms with E-state index in [2.05, 4.69) is 41.7 Å². The molecule has 0 spiro atoms. The predicted molar refractivity (Wildman–Crippen MR) is 128 cm³/mol. The molecule has 2 aromatic rings. The molecule has 176 valence electrons. The molecule has 8 nitrogen and oxygen atoms in total. The molecule has 0 saturated carbocycles. The van der Waals surface area contributed by atoms with E-state index in [4.69, 9.17) is 0 Å². The van der Waals surface area contributed by atoms with Gasteiger partial charge in [0.2, 0.25) is 21.8 Å². The molecular formula is C24H30N4O4S. The molecule has 2 aromatic carbocycles. The molecule has 1 N–H and O–H groups in total. The molecule has 1 fully saturated rings. The first-order valence-electron chi connectivity index (χ1n) is 11.2. The highest BCUT2D eigenvalue weighted by Crippen LogP contribution is 2.30. The Bertz CT molecular complexity index is 1180. The van der Waals surface area contributed by atoms with Crippen LogP contribution >= 0.6 is 0 Å². The van der Waals surface area contributed by atoms with E-state index in [1.807, 2.05) is 6.07 Å². The molecule has 2 heterocycles. The Morgan fingerprint density at radius 2 is 1.88 bits per heavy atom. The van der Waals surface area contributed by atoms with Crippen molar-refractivity contribution >= 4 is 33.2 Å². The van der Waals surface area contributed by atoms with Gasteiger partial charge in [-0.3, -0.25) is 9.59 Å². The SMILES string of the molecule is CC(=O)N1CCc2cc(S(=O)(=O)NCC(=O)N3CCN(c4cccc(C)c4)[C@@H](C)C3)ccc21. The number of hydrogen-bond acceptors (Lipinski definition) is 5. The number of hydrogen-bond donors (Lipinski definition) is 1. The van der Waals surface area contributed by atoms with Crippen LogP contribution in [0.3, 0.4) is 0 Å². The summed E-state index contributed by atoms with van der Waals surface area (Å²) in [5.41, 5.74) is 3.89. The van der Waals surface area contributed by atoms with Crippen LogP contribution in [0.5, 0.6) is 0 Å². The van der Waals surface area contributed by atoms with Crippen LogP contribution < -0.4 is 14.5 Å². The van der Waals surface area contributed by atoms with E-state index in [0.717, 1.165) is 16.9 Å². The summed E-state index contributed by atoms with van der Waals surface area (Å²) < 4.78 is 28.0. The van der Waals surface area contributed by atoms with Gasteiger partial charge in [-0.25, -0.2) is 13.1 Å². The molecule has 9 heteroatoms. The number of carbonyl (C=O) groups is 2. The second-order valence-corrected chi connectivity index (χ2v) is 10.5. The van der Waals surface area contributed by atoms with Crippen LogP contribution in [0.1, 0.15) is 25.0 Å². The Labute approximate surface area is 195 Å². The number of piperazine rings is 1. The van der Waals surface area contributed by atoms with E-state index in [0.29, 0.717) is 32.6 Å². The minimum Gasteiger partial charge on any atom is -0.365 e. The normalized spacial score (nSPS) is 18.4. The zero-order valence-electron chi connectivity index (χ0n) is 19.2. The number of nitrogens with zero attached hydrogens (tertiary/aromatic N) is 3. The van der Waals surface area contributed by atoms with Gasteiger partial charge in [0.1, 0.15) is 0 Å². The van der Waals surface area contributed by atoms with Crippen LogP contribution in [-0.2, 0) is 26.0 Å². The number of amides is 2. The van der Waals surface area contributed by atoms with Crippen LogP contribution in [0.15, 0.2) is 47.4 Å². The first-order valence-corrected chi connectivity index (χ1v) is 12.7. The van der Waals surface area contributed by atoms with E-state index in [1.54, 1.807) is 21.9 Å². The monoisotopic (exact) mass is 470 g/mol. The fourth-order valence-electron chi connectivity index (χ4n) is 4.60. The number of benzene rings is 2. The van der Waals surface area contributed by atoms with Crippen molar-refractivity contribution in [2.75, 3.05) is 42.5 Å². The Morgan fingerprint density at radius 1 is 1.09 bits per heavy atom. The largest absolute Gasteiger partial charge is 0.365 e. The van der Waals surface area contributed by atoms with Gasteiger partial charge in [0.05, 0.1) is 11.4 Å². The smallest absolute Gasteiger partial charge is 0.241 e. The van der Waals surface area contributed by atoms with Crippen molar-refractivity contribution < 1.29 is 18.0 Å². The maximum absolute atomic E-state index is 12.8. The lowest BCUT2D eigenvalue weighted by Gasteiger charge is -2.41. The van der Waals surface area contributed by atoms with Crippen molar-refractivity contribution in [1.29, 1.82) is 0 Å². The van der Waals surface area contributed by atoms with E-state index < -0.39 is 10.0 Å². The summed E-state index contributed by atoms with van der Waals surface area (Å²) in [6, 6.07) is 13.1. The molecule has 2 amide bonds. The van der Waals surface area contributed by atoms with Crippen molar-refractivity contribution in [3.05, 3.63) is 53.6 Å². The molecule has 1 atom stereocenters. The third-order valence-corrected chi connectivity index (χ3v) is 7.76. The molecule has 33 heavy (non-hydrogen) atoms. The first-order chi connectivity index (χ1) is 15.7. The minimum absolute atomic E-state index is 0.0650. The van der Waals surface area contributed by atoms with Gasteiger partial charge < -0.3 is 14.7 Å². The molecule has 0 bridgehead atoms. The summed E-state index contributed by atoms with van der Waals surface area (Å²) in [6.45, 7) is 7.66. The Kier molecular flexibility index (Phi) is 6.45. The first kappa shape index (κ1) is 23.3. The highest BCUT2D eigenvalue weighted by molar-refractivity contribution is 7.89. The van der Waals surface area contributed by atoms with Gasteiger partial charge in [-0.1, -0.05) is 12.1 Å². The summed E-state index contributed by atoms with van der Waals surface area (Å²) >= 11 is 0. The molecule has 0 unspecified atom stereocenters. The van der Waals surface area contributed by atoms with E-state index in [9.17, 15) is 18.0 Å². The van der Waals surface area contributed by atoms with Gasteiger partial charge in [-0.05, 0) is 61.7 Å².